The summed E-state index contributed by atoms with van der Waals surface area (Å²) in [6.07, 6.45) is -0.115. The van der Waals surface area contributed by atoms with E-state index in [0.717, 1.165) is 5.56 Å². The highest BCUT2D eigenvalue weighted by atomic mass is 16.3. The van der Waals surface area contributed by atoms with E-state index in [4.69, 9.17) is 11.0 Å². The quantitative estimate of drug-likeness (QED) is 0.364. The maximum atomic E-state index is 13.9. The van der Waals surface area contributed by atoms with Crippen molar-refractivity contribution in [1.29, 1.82) is 5.26 Å². The summed E-state index contributed by atoms with van der Waals surface area (Å²) < 4.78 is 0. The minimum Gasteiger partial charge on any atom is -0.507 e. The van der Waals surface area contributed by atoms with Crippen molar-refractivity contribution in [1.82, 2.24) is 5.32 Å². The number of nitrogens with zero attached hydrogens (tertiary/aromatic N) is 2. The van der Waals surface area contributed by atoms with Crippen LogP contribution in [0.25, 0.3) is 0 Å². The first-order valence-corrected chi connectivity index (χ1v) is 13.3. The minimum atomic E-state index is -2.68. The number of phenolic OH excluding ortho intramolecular Hbond substituents is 1. The Bertz CT molecular complexity index is 1540. The van der Waals surface area contributed by atoms with Crippen LogP contribution in [0.4, 0.5) is 5.69 Å². The Balaban J connectivity index is 1.48. The summed E-state index contributed by atoms with van der Waals surface area (Å²) in [6, 6.07) is 10.9. The summed E-state index contributed by atoms with van der Waals surface area (Å²) in [7, 11) is 3.59. The number of anilines is 1. The van der Waals surface area contributed by atoms with Crippen molar-refractivity contribution in [2.24, 2.45) is 29.4 Å². The molecule has 2 aromatic carbocycles. The molecule has 2 fully saturated rings. The van der Waals surface area contributed by atoms with Crippen LogP contribution in [0, 0.1) is 35.0 Å². The Morgan fingerprint density at radius 2 is 1.80 bits per heavy atom. The highest BCUT2D eigenvalue weighted by Gasteiger charge is 2.66. The molecule has 11 heteroatoms. The second-order valence-corrected chi connectivity index (χ2v) is 11.3. The van der Waals surface area contributed by atoms with Gasteiger partial charge in [0.05, 0.1) is 23.1 Å². The molecule has 0 radical (unpaired) electrons. The fourth-order valence-electron chi connectivity index (χ4n) is 6.64. The Hall–Kier alpha value is -4.40. The third-order valence-corrected chi connectivity index (χ3v) is 8.67. The number of fused-ring (bicyclic) bond motifs is 3. The van der Waals surface area contributed by atoms with E-state index < -0.39 is 58.3 Å². The Morgan fingerprint density at radius 1 is 1.12 bits per heavy atom. The van der Waals surface area contributed by atoms with Crippen LogP contribution in [0.2, 0.25) is 0 Å². The molecule has 212 valence electrons. The van der Waals surface area contributed by atoms with Gasteiger partial charge in [0.15, 0.2) is 34.7 Å². The third kappa shape index (κ3) is 4.40. The number of amides is 1. The average Bonchev–Trinajstić information content (AvgIpc) is 2.91. The SMILES string of the molecule is CN(C)c1cc(CNCc2ccc(C#N)cc2)c(O)c2c1C[C@H]1C[C@H]3CC(=O)C(C(N)=O)C(=O)[C@@]3(O)C(=O)C1C2=O. The van der Waals surface area contributed by atoms with Crippen LogP contribution in [0.3, 0.4) is 0 Å². The van der Waals surface area contributed by atoms with Crippen molar-refractivity contribution >= 4 is 34.7 Å². The lowest BCUT2D eigenvalue weighted by molar-refractivity contribution is -0.175. The summed E-state index contributed by atoms with van der Waals surface area (Å²) in [6.45, 7) is 0.606. The van der Waals surface area contributed by atoms with Gasteiger partial charge >= 0.3 is 0 Å². The highest BCUT2D eigenvalue weighted by Crippen LogP contribution is 2.51. The summed E-state index contributed by atoms with van der Waals surface area (Å²) in [5, 5.41) is 34.9. The summed E-state index contributed by atoms with van der Waals surface area (Å²) in [5.41, 5.74) is 5.62. The zero-order valence-corrected chi connectivity index (χ0v) is 22.6. The molecule has 0 bridgehead atoms. The molecular weight excluding hydrogens is 528 g/mol. The fourth-order valence-corrected chi connectivity index (χ4v) is 6.64. The molecule has 41 heavy (non-hydrogen) atoms. The standard InChI is InChI=1S/C30H30N4O7/c1-34(2)20-9-17(13-33-12-15-5-3-14(11-31)4-6-15)25(36)23-19(20)8-16-7-18-10-21(35)24(29(32)40)28(39)30(18,41)27(38)22(16)26(23)37/h3-6,9,16,18,22,24,33,36,41H,7-8,10,12-13H2,1-2H3,(H2,32,40)/t16-,18+,22?,24?,30+/m1/s1. The van der Waals surface area contributed by atoms with Crippen LogP contribution >= 0.6 is 0 Å². The lowest BCUT2D eigenvalue weighted by atomic mass is 9.53. The van der Waals surface area contributed by atoms with Crippen LogP contribution in [0.5, 0.6) is 5.75 Å². The summed E-state index contributed by atoms with van der Waals surface area (Å²) in [5.74, 6) is -10.3. The van der Waals surface area contributed by atoms with Crippen LogP contribution in [-0.2, 0) is 38.7 Å². The van der Waals surface area contributed by atoms with Crippen molar-refractivity contribution in [3.05, 3.63) is 58.1 Å². The predicted molar refractivity (Wildman–Crippen MR) is 145 cm³/mol. The molecule has 3 aliphatic carbocycles. The first-order chi connectivity index (χ1) is 19.4. The van der Waals surface area contributed by atoms with Crippen molar-refractivity contribution in [3.63, 3.8) is 0 Å². The molecule has 2 unspecified atom stereocenters. The van der Waals surface area contributed by atoms with Crippen LogP contribution in [-0.4, -0.2) is 58.9 Å². The van der Waals surface area contributed by atoms with Gasteiger partial charge in [-0.25, -0.2) is 0 Å². The number of hydrogen-bond acceptors (Lipinski definition) is 10. The molecule has 0 saturated heterocycles. The van der Waals surface area contributed by atoms with Gasteiger partial charge in [-0.3, -0.25) is 24.0 Å². The molecule has 5 rings (SSSR count). The lowest BCUT2D eigenvalue weighted by Gasteiger charge is -2.48. The number of nitriles is 1. The fraction of sp³-hybridized carbons (Fsp3) is 0.400. The number of rotatable bonds is 6. The molecule has 0 aromatic heterocycles. The number of ketones is 4. The number of aliphatic hydroxyl groups is 1. The molecule has 0 spiro atoms. The number of nitrogens with one attached hydrogen (secondary N) is 1. The zero-order chi connectivity index (χ0) is 29.8. The second-order valence-electron chi connectivity index (χ2n) is 11.3. The zero-order valence-electron chi connectivity index (χ0n) is 22.6. The first kappa shape index (κ1) is 28.1. The Labute approximate surface area is 235 Å². The van der Waals surface area contributed by atoms with Gasteiger partial charge < -0.3 is 26.2 Å². The number of hydrogen-bond donors (Lipinski definition) is 4. The van der Waals surface area contributed by atoms with Gasteiger partial charge in [-0.15, -0.1) is 0 Å². The molecule has 0 aliphatic heterocycles. The van der Waals surface area contributed by atoms with Crippen molar-refractivity contribution in [2.45, 2.75) is 38.0 Å². The van der Waals surface area contributed by atoms with Gasteiger partial charge in [0.2, 0.25) is 5.91 Å². The molecule has 2 aromatic rings. The highest BCUT2D eigenvalue weighted by molar-refractivity contribution is 6.31. The summed E-state index contributed by atoms with van der Waals surface area (Å²) in [4.78, 5) is 67.0. The van der Waals surface area contributed by atoms with Gasteiger partial charge in [-0.2, -0.15) is 5.26 Å². The maximum absolute atomic E-state index is 13.9. The van der Waals surface area contributed by atoms with E-state index in [1.807, 2.05) is 17.0 Å². The first-order valence-electron chi connectivity index (χ1n) is 13.3. The van der Waals surface area contributed by atoms with Crippen LogP contribution < -0.4 is 16.0 Å². The van der Waals surface area contributed by atoms with E-state index in [2.05, 4.69) is 11.4 Å². The Morgan fingerprint density at radius 3 is 2.41 bits per heavy atom. The number of Topliss-reactive ketones (excluding diaryl/α,β-unsaturated/α-hetero) is 4. The van der Waals surface area contributed by atoms with E-state index in [1.54, 1.807) is 32.3 Å². The topological polar surface area (TPSA) is 191 Å². The molecule has 5 N–H and O–H groups in total. The molecule has 3 aliphatic rings. The monoisotopic (exact) mass is 558 g/mol. The van der Waals surface area contributed by atoms with Crippen LogP contribution in [0.15, 0.2) is 30.3 Å². The number of phenols is 1. The number of nitrogens with two attached hydrogens (primary N) is 1. The van der Waals surface area contributed by atoms with Crippen molar-refractivity contribution in [3.8, 4) is 11.8 Å². The third-order valence-electron chi connectivity index (χ3n) is 8.67. The van der Waals surface area contributed by atoms with Gasteiger partial charge in [-0.1, -0.05) is 12.1 Å². The summed E-state index contributed by atoms with van der Waals surface area (Å²) >= 11 is 0. The second kappa shape index (κ2) is 10.2. The van der Waals surface area contributed by atoms with Gasteiger partial charge in [0.1, 0.15) is 5.75 Å². The molecule has 11 nitrogen and oxygen atoms in total. The lowest BCUT2D eigenvalue weighted by Crippen LogP contribution is -2.68. The molecule has 0 heterocycles. The minimum absolute atomic E-state index is 0.0335. The van der Waals surface area contributed by atoms with E-state index in [9.17, 15) is 34.2 Å². The largest absolute Gasteiger partial charge is 0.507 e. The van der Waals surface area contributed by atoms with Crippen LogP contribution in [0.1, 0.15) is 45.5 Å². The predicted octanol–water partition coefficient (Wildman–Crippen LogP) is 0.554. The van der Waals surface area contributed by atoms with Crippen molar-refractivity contribution in [2.75, 3.05) is 19.0 Å². The van der Waals surface area contributed by atoms with E-state index in [0.29, 0.717) is 28.9 Å². The van der Waals surface area contributed by atoms with E-state index in [-0.39, 0.29) is 37.1 Å². The molecule has 2 saturated carbocycles. The van der Waals surface area contributed by atoms with E-state index >= 15 is 0 Å². The van der Waals surface area contributed by atoms with Gasteiger partial charge in [0.25, 0.3) is 0 Å². The van der Waals surface area contributed by atoms with Gasteiger partial charge in [-0.05, 0) is 48.1 Å². The maximum Gasteiger partial charge on any atom is 0.235 e. The van der Waals surface area contributed by atoms with E-state index in [1.165, 1.54) is 0 Å². The molecular formula is C30H30N4O7. The average molecular weight is 559 g/mol. The Kier molecular flexibility index (Phi) is 7.01. The number of benzene rings is 2. The number of primary amides is 1. The molecule has 5 atom stereocenters. The number of carbonyl (C=O) groups is 5. The van der Waals surface area contributed by atoms with Gasteiger partial charge in [0, 0.05) is 50.8 Å². The van der Waals surface area contributed by atoms with Crippen molar-refractivity contribution < 1.29 is 34.2 Å². The number of carbonyl (C=O) groups excluding carboxylic acids is 5. The smallest absolute Gasteiger partial charge is 0.235 e. The normalized spacial score (nSPS) is 27.0. The number of aromatic hydroxyl groups is 1. The molecule has 1 amide bonds.